The van der Waals surface area contributed by atoms with E-state index in [9.17, 15) is 4.79 Å². The number of carboxylic acids is 1. The molecule has 0 aliphatic heterocycles. The quantitative estimate of drug-likeness (QED) is 0.726. The number of benzene rings is 1. The molecule has 0 radical (unpaired) electrons. The standard InChI is InChI=1S/C7H6O2.CH3BrO/c8-7(9)6-4-2-1-3-5-6;2-1-3/h1-5H,(H,8,9);3H,1H2. The number of hydrogen-bond acceptors (Lipinski definition) is 2. The van der Waals surface area contributed by atoms with Gasteiger partial charge in [0.2, 0.25) is 0 Å². The molecule has 12 heavy (non-hydrogen) atoms. The Hall–Kier alpha value is -0.870. The molecule has 0 unspecified atom stereocenters. The summed E-state index contributed by atoms with van der Waals surface area (Å²) in [5.74, 6) is -0.879. The lowest BCUT2D eigenvalue weighted by atomic mass is 10.2. The van der Waals surface area contributed by atoms with Gasteiger partial charge in [-0.3, -0.25) is 0 Å². The minimum absolute atomic E-state index is 0.0625. The molecule has 0 saturated heterocycles. The molecule has 0 aromatic heterocycles. The highest BCUT2D eigenvalue weighted by molar-refractivity contribution is 9.09. The van der Waals surface area contributed by atoms with Gasteiger partial charge in [0.1, 0.15) is 0 Å². The lowest BCUT2D eigenvalue weighted by molar-refractivity contribution is 0.0697. The molecule has 4 heteroatoms. The summed E-state index contributed by atoms with van der Waals surface area (Å²) in [6.07, 6.45) is 0. The van der Waals surface area contributed by atoms with Gasteiger partial charge in [0.15, 0.2) is 0 Å². The summed E-state index contributed by atoms with van der Waals surface area (Å²) >= 11 is 2.70. The Labute approximate surface area is 78.8 Å². The van der Waals surface area contributed by atoms with E-state index < -0.39 is 5.97 Å². The molecule has 0 bridgehead atoms. The fraction of sp³-hybridized carbons (Fsp3) is 0.125. The number of rotatable bonds is 1. The summed E-state index contributed by atoms with van der Waals surface area (Å²) in [5.41, 5.74) is 0.394. The fourth-order valence-corrected chi connectivity index (χ4v) is 0.581. The van der Waals surface area contributed by atoms with Crippen LogP contribution in [-0.2, 0) is 0 Å². The summed E-state index contributed by atoms with van der Waals surface area (Å²) in [6, 6.07) is 8.30. The molecule has 0 amide bonds. The van der Waals surface area contributed by atoms with Crippen molar-refractivity contribution in [3.05, 3.63) is 35.9 Å². The third-order valence-electron chi connectivity index (χ3n) is 1.02. The summed E-state index contributed by atoms with van der Waals surface area (Å²) < 4.78 is 0. The monoisotopic (exact) mass is 232 g/mol. The van der Waals surface area contributed by atoms with Crippen LogP contribution in [0.3, 0.4) is 0 Å². The molecule has 1 rings (SSSR count). The van der Waals surface area contributed by atoms with Crippen LogP contribution in [0.4, 0.5) is 0 Å². The van der Waals surface area contributed by atoms with Gasteiger partial charge in [0.25, 0.3) is 0 Å². The van der Waals surface area contributed by atoms with Crippen molar-refractivity contribution in [2.45, 2.75) is 0 Å². The number of aliphatic hydroxyl groups excluding tert-OH is 1. The molecule has 0 saturated carbocycles. The van der Waals surface area contributed by atoms with Gasteiger partial charge >= 0.3 is 5.97 Å². The lowest BCUT2D eigenvalue weighted by Gasteiger charge is -1.88. The number of hydrogen-bond donors (Lipinski definition) is 2. The maximum absolute atomic E-state index is 10.2. The second kappa shape index (κ2) is 6.82. The molecule has 0 aliphatic rings. The van der Waals surface area contributed by atoms with E-state index >= 15 is 0 Å². The van der Waals surface area contributed by atoms with Gasteiger partial charge in [-0.1, -0.05) is 34.1 Å². The number of carbonyl (C=O) groups is 1. The Balaban J connectivity index is 0.000000354. The average molecular weight is 233 g/mol. The van der Waals surface area contributed by atoms with Crippen LogP contribution in [0, 0.1) is 0 Å². The van der Waals surface area contributed by atoms with E-state index in [4.69, 9.17) is 10.2 Å². The van der Waals surface area contributed by atoms with Crippen molar-refractivity contribution in [2.24, 2.45) is 0 Å². The first kappa shape index (κ1) is 11.1. The van der Waals surface area contributed by atoms with E-state index in [-0.39, 0.29) is 5.52 Å². The van der Waals surface area contributed by atoms with Gasteiger partial charge in [0.05, 0.1) is 11.1 Å². The van der Waals surface area contributed by atoms with Crippen molar-refractivity contribution < 1.29 is 15.0 Å². The third kappa shape index (κ3) is 4.87. The Morgan fingerprint density at radius 3 is 2.00 bits per heavy atom. The van der Waals surface area contributed by atoms with Crippen LogP contribution < -0.4 is 0 Å². The van der Waals surface area contributed by atoms with Gasteiger partial charge in [-0.25, -0.2) is 4.79 Å². The van der Waals surface area contributed by atoms with Gasteiger partial charge in [-0.15, -0.1) is 0 Å². The minimum atomic E-state index is -0.879. The molecular formula is C8H9BrO3. The van der Waals surface area contributed by atoms with E-state index in [2.05, 4.69) is 15.9 Å². The number of aromatic carboxylic acids is 1. The SMILES string of the molecule is O=C(O)c1ccccc1.OCBr. The van der Waals surface area contributed by atoms with Crippen LogP contribution in [0.25, 0.3) is 0 Å². The fourth-order valence-electron chi connectivity index (χ4n) is 0.581. The van der Waals surface area contributed by atoms with Crippen LogP contribution in [0.5, 0.6) is 0 Å². The van der Waals surface area contributed by atoms with Crippen LogP contribution in [0.1, 0.15) is 10.4 Å². The van der Waals surface area contributed by atoms with Crippen molar-refractivity contribution in [2.75, 3.05) is 5.52 Å². The molecule has 1 aromatic carbocycles. The van der Waals surface area contributed by atoms with Crippen LogP contribution in [-0.4, -0.2) is 21.7 Å². The molecule has 2 N–H and O–H groups in total. The van der Waals surface area contributed by atoms with E-state index in [1.807, 2.05) is 0 Å². The Bertz CT molecular complexity index is 223. The van der Waals surface area contributed by atoms with Gasteiger partial charge < -0.3 is 10.2 Å². The van der Waals surface area contributed by atoms with Crippen molar-refractivity contribution in [3.63, 3.8) is 0 Å². The van der Waals surface area contributed by atoms with Gasteiger partial charge in [-0.05, 0) is 12.1 Å². The Morgan fingerprint density at radius 1 is 1.33 bits per heavy atom. The minimum Gasteiger partial charge on any atom is -0.478 e. The molecular weight excluding hydrogens is 224 g/mol. The molecule has 0 fully saturated rings. The van der Waals surface area contributed by atoms with Crippen molar-refractivity contribution in [1.82, 2.24) is 0 Å². The summed E-state index contributed by atoms with van der Waals surface area (Å²) in [4.78, 5) is 10.2. The van der Waals surface area contributed by atoms with Crippen molar-refractivity contribution in [1.29, 1.82) is 0 Å². The molecule has 0 spiro atoms. The maximum Gasteiger partial charge on any atom is 0.335 e. The predicted molar refractivity (Wildman–Crippen MR) is 49.4 cm³/mol. The molecule has 3 nitrogen and oxygen atoms in total. The highest BCUT2D eigenvalue weighted by Crippen LogP contribution is 1.96. The molecule has 0 atom stereocenters. The average Bonchev–Trinajstić information content (AvgIpc) is 2.07. The number of halogens is 1. The van der Waals surface area contributed by atoms with Crippen molar-refractivity contribution >= 4 is 21.9 Å². The van der Waals surface area contributed by atoms with Crippen LogP contribution >= 0.6 is 15.9 Å². The third-order valence-corrected chi connectivity index (χ3v) is 1.02. The first-order valence-corrected chi connectivity index (χ1v) is 4.29. The summed E-state index contributed by atoms with van der Waals surface area (Å²) in [5, 5.41) is 15.9. The second-order valence-corrected chi connectivity index (χ2v) is 2.29. The van der Waals surface area contributed by atoms with E-state index in [1.165, 1.54) is 0 Å². The van der Waals surface area contributed by atoms with Gasteiger partial charge in [0, 0.05) is 0 Å². The van der Waals surface area contributed by atoms with Crippen LogP contribution in [0.15, 0.2) is 30.3 Å². The molecule has 1 aromatic rings. The molecule has 0 aliphatic carbocycles. The molecule has 0 heterocycles. The van der Waals surface area contributed by atoms with Gasteiger partial charge in [-0.2, -0.15) is 0 Å². The highest BCUT2D eigenvalue weighted by Gasteiger charge is 1.96. The zero-order valence-electron chi connectivity index (χ0n) is 6.27. The normalized spacial score (nSPS) is 8.17. The smallest absolute Gasteiger partial charge is 0.335 e. The zero-order valence-corrected chi connectivity index (χ0v) is 7.86. The van der Waals surface area contributed by atoms with E-state index in [0.717, 1.165) is 0 Å². The first-order valence-electron chi connectivity index (χ1n) is 3.17. The summed E-state index contributed by atoms with van der Waals surface area (Å²) in [7, 11) is 0. The number of carboxylic acid groups (broad SMARTS) is 1. The van der Waals surface area contributed by atoms with Crippen molar-refractivity contribution in [3.8, 4) is 0 Å². The summed E-state index contributed by atoms with van der Waals surface area (Å²) in [6.45, 7) is 0. The molecule has 66 valence electrons. The predicted octanol–water partition coefficient (Wildman–Crippen LogP) is 1.72. The lowest BCUT2D eigenvalue weighted by Crippen LogP contribution is -1.93. The second-order valence-electron chi connectivity index (χ2n) is 1.79. The number of aliphatic hydroxyl groups is 1. The van der Waals surface area contributed by atoms with E-state index in [1.54, 1.807) is 30.3 Å². The number of alkyl halides is 1. The van der Waals surface area contributed by atoms with E-state index in [0.29, 0.717) is 5.56 Å². The topological polar surface area (TPSA) is 57.5 Å². The first-order chi connectivity index (χ1) is 5.72. The Kier molecular flexibility index (Phi) is 6.32. The Morgan fingerprint density at radius 2 is 1.75 bits per heavy atom. The highest BCUT2D eigenvalue weighted by atomic mass is 79.9. The van der Waals surface area contributed by atoms with Crippen LogP contribution in [0.2, 0.25) is 0 Å². The zero-order chi connectivity index (χ0) is 9.40. The largest absolute Gasteiger partial charge is 0.478 e. The maximum atomic E-state index is 10.2.